The summed E-state index contributed by atoms with van der Waals surface area (Å²) in [7, 11) is -3.87. The summed E-state index contributed by atoms with van der Waals surface area (Å²) in [5.41, 5.74) is 1.30. The molecule has 3 rings (SSSR count). The lowest BCUT2D eigenvalue weighted by molar-refractivity contribution is -0.118. The number of hydrogen-bond acceptors (Lipinski definition) is 3. The van der Waals surface area contributed by atoms with Crippen LogP contribution in [0.25, 0.3) is 0 Å². The molecule has 0 unspecified atom stereocenters. The van der Waals surface area contributed by atoms with Gasteiger partial charge in [0.2, 0.25) is 15.9 Å². The van der Waals surface area contributed by atoms with E-state index >= 15 is 0 Å². The largest absolute Gasteiger partial charge is 0.311 e. The van der Waals surface area contributed by atoms with Crippen molar-refractivity contribution in [3.63, 3.8) is 0 Å². The van der Waals surface area contributed by atoms with E-state index in [4.69, 9.17) is 11.6 Å². The molecular weight excluding hydrogens is 367 g/mol. The normalized spacial score (nSPS) is 18.0. The molecule has 0 radical (unpaired) electrons. The first-order valence-electron chi connectivity index (χ1n) is 7.63. The first-order valence-corrected chi connectivity index (χ1v) is 9.49. The summed E-state index contributed by atoms with van der Waals surface area (Å²) in [6.07, 6.45) is 0.328. The molecule has 1 heterocycles. The lowest BCUT2D eigenvalue weighted by Crippen LogP contribution is -2.41. The van der Waals surface area contributed by atoms with Crippen LogP contribution in [0.4, 0.5) is 10.1 Å². The fourth-order valence-electron chi connectivity index (χ4n) is 2.66. The standard InChI is InChI=1S/C17H16ClFN2O3S/c1-11-2-7-14(10-15(11)18)25(23,24)20-16-8-9-21(17(16)22)13-5-3-12(19)4-6-13/h2-7,10,16,20H,8-9H2,1H3/t16-/m0/s1. The number of nitrogens with zero attached hydrogens (tertiary/aromatic N) is 1. The van der Waals surface area contributed by atoms with Gasteiger partial charge in [-0.3, -0.25) is 4.79 Å². The first kappa shape index (κ1) is 17.8. The van der Waals surface area contributed by atoms with Crippen LogP contribution in [0.3, 0.4) is 0 Å². The highest BCUT2D eigenvalue weighted by Crippen LogP contribution is 2.24. The van der Waals surface area contributed by atoms with Crippen LogP contribution < -0.4 is 9.62 Å². The quantitative estimate of drug-likeness (QED) is 0.884. The van der Waals surface area contributed by atoms with Crippen molar-refractivity contribution in [2.24, 2.45) is 0 Å². The first-order chi connectivity index (χ1) is 11.8. The second-order valence-corrected chi connectivity index (χ2v) is 7.96. The number of benzene rings is 2. The van der Waals surface area contributed by atoms with Crippen molar-refractivity contribution >= 4 is 33.2 Å². The topological polar surface area (TPSA) is 66.5 Å². The summed E-state index contributed by atoms with van der Waals surface area (Å²) in [5, 5.41) is 0.341. The van der Waals surface area contributed by atoms with E-state index < -0.39 is 21.9 Å². The van der Waals surface area contributed by atoms with Crippen LogP contribution in [0.1, 0.15) is 12.0 Å². The van der Waals surface area contributed by atoms with Crippen molar-refractivity contribution < 1.29 is 17.6 Å². The van der Waals surface area contributed by atoms with Gasteiger partial charge in [0.05, 0.1) is 4.90 Å². The lowest BCUT2D eigenvalue weighted by Gasteiger charge is -2.17. The maximum Gasteiger partial charge on any atom is 0.245 e. The third-order valence-corrected chi connectivity index (χ3v) is 5.97. The van der Waals surface area contributed by atoms with Crippen molar-refractivity contribution in [2.45, 2.75) is 24.3 Å². The van der Waals surface area contributed by atoms with E-state index in [0.717, 1.165) is 5.56 Å². The Morgan fingerprint density at radius 3 is 2.52 bits per heavy atom. The molecule has 0 aromatic heterocycles. The van der Waals surface area contributed by atoms with Gasteiger partial charge in [0.25, 0.3) is 0 Å². The van der Waals surface area contributed by atoms with Crippen molar-refractivity contribution in [3.05, 3.63) is 58.9 Å². The zero-order valence-corrected chi connectivity index (χ0v) is 14.9. The van der Waals surface area contributed by atoms with Crippen molar-refractivity contribution in [3.8, 4) is 0 Å². The molecule has 1 atom stereocenters. The summed E-state index contributed by atoms with van der Waals surface area (Å²) in [6.45, 7) is 2.12. The van der Waals surface area contributed by atoms with Crippen LogP contribution in [0.15, 0.2) is 47.4 Å². The second kappa shape index (κ2) is 6.74. The van der Waals surface area contributed by atoms with Gasteiger partial charge in [-0.15, -0.1) is 0 Å². The molecule has 5 nitrogen and oxygen atoms in total. The number of nitrogens with one attached hydrogen (secondary N) is 1. The molecule has 1 saturated heterocycles. The summed E-state index contributed by atoms with van der Waals surface area (Å²) in [6, 6.07) is 9.04. The van der Waals surface area contributed by atoms with Crippen LogP contribution in [-0.2, 0) is 14.8 Å². The average Bonchev–Trinajstić information content (AvgIpc) is 2.91. The predicted octanol–water partition coefficient (Wildman–Crippen LogP) is 2.87. The van der Waals surface area contributed by atoms with Crippen molar-refractivity contribution in [2.75, 3.05) is 11.4 Å². The van der Waals surface area contributed by atoms with Gasteiger partial charge in [0.1, 0.15) is 11.9 Å². The molecule has 2 aromatic rings. The van der Waals surface area contributed by atoms with Crippen LogP contribution >= 0.6 is 11.6 Å². The molecule has 0 saturated carbocycles. The van der Waals surface area contributed by atoms with Crippen molar-refractivity contribution in [1.82, 2.24) is 4.72 Å². The molecule has 25 heavy (non-hydrogen) atoms. The van der Waals surface area contributed by atoms with Gasteiger partial charge in [-0.25, -0.2) is 12.8 Å². The SMILES string of the molecule is Cc1ccc(S(=O)(=O)N[C@H]2CCN(c3ccc(F)cc3)C2=O)cc1Cl. The Hall–Kier alpha value is -1.96. The fraction of sp³-hybridized carbons (Fsp3) is 0.235. The summed E-state index contributed by atoms with van der Waals surface area (Å²) < 4.78 is 40.4. The van der Waals surface area contributed by atoms with Gasteiger partial charge in [0.15, 0.2) is 0 Å². The maximum absolute atomic E-state index is 13.0. The number of carbonyl (C=O) groups excluding carboxylic acids is 1. The lowest BCUT2D eigenvalue weighted by atomic mass is 10.2. The van der Waals surface area contributed by atoms with Crippen LogP contribution in [0.5, 0.6) is 0 Å². The molecule has 8 heteroatoms. The minimum Gasteiger partial charge on any atom is -0.311 e. The third kappa shape index (κ3) is 3.68. The van der Waals surface area contributed by atoms with Gasteiger partial charge < -0.3 is 4.90 Å². The number of anilines is 1. The molecule has 2 aromatic carbocycles. The average molecular weight is 383 g/mol. The molecule has 1 fully saturated rings. The molecular formula is C17H16ClFN2O3S. The molecule has 1 N–H and O–H groups in total. The molecule has 0 bridgehead atoms. The number of rotatable bonds is 4. The number of carbonyl (C=O) groups is 1. The zero-order chi connectivity index (χ0) is 18.2. The number of aryl methyl sites for hydroxylation is 1. The number of halogens is 2. The maximum atomic E-state index is 13.0. The van der Waals surface area contributed by atoms with Gasteiger partial charge in [-0.2, -0.15) is 4.72 Å². The smallest absolute Gasteiger partial charge is 0.245 e. The Kier molecular flexibility index (Phi) is 4.81. The molecule has 0 spiro atoms. The van der Waals surface area contributed by atoms with Crippen LogP contribution in [-0.4, -0.2) is 26.9 Å². The Bertz CT molecular complexity index is 916. The van der Waals surface area contributed by atoms with Gasteiger partial charge >= 0.3 is 0 Å². The highest BCUT2D eigenvalue weighted by molar-refractivity contribution is 7.89. The van der Waals surface area contributed by atoms with E-state index in [-0.39, 0.29) is 10.8 Å². The fourth-order valence-corrected chi connectivity index (χ4v) is 4.16. The Morgan fingerprint density at radius 1 is 1.20 bits per heavy atom. The monoisotopic (exact) mass is 382 g/mol. The van der Waals surface area contributed by atoms with E-state index in [1.807, 2.05) is 0 Å². The molecule has 1 aliphatic rings. The van der Waals surface area contributed by atoms with Crippen LogP contribution in [0.2, 0.25) is 5.02 Å². The minimum absolute atomic E-state index is 0.0103. The molecule has 0 aliphatic carbocycles. The highest BCUT2D eigenvalue weighted by Gasteiger charge is 2.35. The number of sulfonamides is 1. The van der Waals surface area contributed by atoms with E-state index in [0.29, 0.717) is 23.7 Å². The Labute approximate surface area is 150 Å². The molecule has 132 valence electrons. The summed E-state index contributed by atoms with van der Waals surface area (Å²) in [4.78, 5) is 13.9. The Morgan fingerprint density at radius 2 is 1.88 bits per heavy atom. The number of hydrogen-bond donors (Lipinski definition) is 1. The second-order valence-electron chi connectivity index (χ2n) is 5.84. The molecule has 1 aliphatic heterocycles. The highest BCUT2D eigenvalue weighted by atomic mass is 35.5. The van der Waals surface area contributed by atoms with Crippen LogP contribution in [0, 0.1) is 12.7 Å². The summed E-state index contributed by atoms with van der Waals surface area (Å²) in [5.74, 6) is -0.766. The predicted molar refractivity (Wildman–Crippen MR) is 93.7 cm³/mol. The van der Waals surface area contributed by atoms with Gasteiger partial charge in [0, 0.05) is 17.3 Å². The zero-order valence-electron chi connectivity index (χ0n) is 13.4. The molecule has 1 amide bonds. The minimum atomic E-state index is -3.87. The van der Waals surface area contributed by atoms with E-state index in [1.165, 1.54) is 41.3 Å². The van der Waals surface area contributed by atoms with E-state index in [9.17, 15) is 17.6 Å². The van der Waals surface area contributed by atoms with Gasteiger partial charge in [-0.1, -0.05) is 17.7 Å². The van der Waals surface area contributed by atoms with E-state index in [1.54, 1.807) is 13.0 Å². The third-order valence-electron chi connectivity index (χ3n) is 4.09. The summed E-state index contributed by atoms with van der Waals surface area (Å²) >= 11 is 5.98. The van der Waals surface area contributed by atoms with Crippen molar-refractivity contribution in [1.29, 1.82) is 0 Å². The van der Waals surface area contributed by atoms with Gasteiger partial charge in [-0.05, 0) is 55.3 Å². The Balaban J connectivity index is 1.78. The van der Waals surface area contributed by atoms with E-state index in [2.05, 4.69) is 4.72 Å². The number of amides is 1.